The molecule has 0 radical (unpaired) electrons. The first-order valence-corrected chi connectivity index (χ1v) is 27.7. The minimum Gasteiger partial charge on any atom is -0.466 e. The van der Waals surface area contributed by atoms with E-state index in [0.717, 1.165) is 27.1 Å². The van der Waals surface area contributed by atoms with E-state index >= 15 is 0 Å². The van der Waals surface area contributed by atoms with Crippen LogP contribution in [0.1, 0.15) is 84.4 Å². The van der Waals surface area contributed by atoms with Gasteiger partial charge in [-0.05, 0) is 67.3 Å². The molecule has 2 atom stereocenters. The number of benzene rings is 7. The number of hydrogen-bond acceptors (Lipinski definition) is 5. The van der Waals surface area contributed by atoms with Crippen LogP contribution in [0.3, 0.4) is 0 Å². The van der Waals surface area contributed by atoms with Gasteiger partial charge in [0, 0.05) is 0 Å². The SMILES string of the molecule is CCOC(=O)C[C@@H](C[C@@H](CCOC(c1ccccc1)(c1ccccc1)c1ccccc1)O[Si](c1ccccc1)(c1ccccc1)C(C)(C)C)O[Si](c1ccccc1)(c1ccccc1)C(C)(C)C. The molecule has 346 valence electrons. The zero-order chi connectivity index (χ0) is 47.4. The van der Waals surface area contributed by atoms with Crippen molar-refractivity contribution in [2.75, 3.05) is 13.2 Å². The van der Waals surface area contributed by atoms with E-state index in [2.05, 4.69) is 236 Å². The Balaban J connectivity index is 1.41. The first-order valence-electron chi connectivity index (χ1n) is 23.9. The van der Waals surface area contributed by atoms with E-state index in [-0.39, 0.29) is 29.1 Å². The van der Waals surface area contributed by atoms with Crippen molar-refractivity contribution in [1.82, 2.24) is 0 Å². The Morgan fingerprint density at radius 3 is 1.04 bits per heavy atom. The highest BCUT2D eigenvalue weighted by Gasteiger charge is 2.54. The van der Waals surface area contributed by atoms with Crippen LogP contribution in [0.2, 0.25) is 10.1 Å². The van der Waals surface area contributed by atoms with Gasteiger partial charge in [-0.2, -0.15) is 0 Å². The first kappa shape index (κ1) is 49.2. The van der Waals surface area contributed by atoms with Crippen LogP contribution in [0.4, 0.5) is 0 Å². The summed E-state index contributed by atoms with van der Waals surface area (Å²) in [5.74, 6) is -0.290. The Hall–Kier alpha value is -5.68. The van der Waals surface area contributed by atoms with E-state index in [1.165, 1.54) is 10.4 Å². The van der Waals surface area contributed by atoms with Crippen molar-refractivity contribution in [3.8, 4) is 0 Å². The zero-order valence-electron chi connectivity index (χ0n) is 40.4. The van der Waals surface area contributed by atoms with E-state index in [9.17, 15) is 4.79 Å². The lowest BCUT2D eigenvalue weighted by atomic mass is 9.80. The first-order chi connectivity index (χ1) is 32.3. The molecule has 0 saturated carbocycles. The van der Waals surface area contributed by atoms with Gasteiger partial charge in [0.05, 0.1) is 31.8 Å². The van der Waals surface area contributed by atoms with Crippen molar-refractivity contribution < 1.29 is 23.1 Å². The third kappa shape index (κ3) is 10.7. The van der Waals surface area contributed by atoms with Gasteiger partial charge in [0.25, 0.3) is 16.6 Å². The summed E-state index contributed by atoms with van der Waals surface area (Å²) in [4.78, 5) is 14.0. The Bertz CT molecular complexity index is 2370. The van der Waals surface area contributed by atoms with Gasteiger partial charge in [-0.25, -0.2) is 0 Å². The standard InChI is InChI=1S/C60H68O5Si2/c1-8-62-57(61)47-52(65-67(59(5,6)7,55-40-26-14-27-41-55)56-42-28-15-29-43-56)46-51(64-66(58(2,3)4,53-36-22-12-23-37-53)54-38-24-13-25-39-54)44-45-63-60(48-30-16-9-17-31-48,49-32-18-10-19-33-49)50-34-20-11-21-35-50/h9-43,51-52H,8,44-47H2,1-7H3/t51-,52-/m1/s1. The van der Waals surface area contributed by atoms with Crippen molar-refractivity contribution >= 4 is 43.4 Å². The second-order valence-electron chi connectivity index (χ2n) is 19.5. The molecule has 0 heterocycles. The molecule has 0 bridgehead atoms. The Labute approximate surface area is 402 Å². The van der Waals surface area contributed by atoms with Crippen LogP contribution in [0.15, 0.2) is 212 Å². The summed E-state index contributed by atoms with van der Waals surface area (Å²) in [6, 6.07) is 74.4. The largest absolute Gasteiger partial charge is 0.466 e. The van der Waals surface area contributed by atoms with Crippen LogP contribution in [0.5, 0.6) is 0 Å². The second kappa shape index (κ2) is 22.0. The molecular weight excluding hydrogens is 857 g/mol. The molecule has 0 aliphatic heterocycles. The highest BCUT2D eigenvalue weighted by molar-refractivity contribution is 7.00. The van der Waals surface area contributed by atoms with Gasteiger partial charge >= 0.3 is 5.97 Å². The second-order valence-corrected chi connectivity index (χ2v) is 28.0. The van der Waals surface area contributed by atoms with Crippen molar-refractivity contribution in [1.29, 1.82) is 0 Å². The summed E-state index contributed by atoms with van der Waals surface area (Å²) in [6.45, 7) is 16.3. The van der Waals surface area contributed by atoms with Crippen molar-refractivity contribution in [2.24, 2.45) is 0 Å². The van der Waals surface area contributed by atoms with Gasteiger partial charge in [0.2, 0.25) is 0 Å². The van der Waals surface area contributed by atoms with Crippen LogP contribution in [-0.4, -0.2) is 48.0 Å². The van der Waals surface area contributed by atoms with Gasteiger partial charge in [-0.15, -0.1) is 0 Å². The van der Waals surface area contributed by atoms with E-state index < -0.39 is 34.4 Å². The van der Waals surface area contributed by atoms with Crippen molar-refractivity contribution in [3.05, 3.63) is 229 Å². The molecule has 0 saturated heterocycles. The van der Waals surface area contributed by atoms with Gasteiger partial charge in [0.1, 0.15) is 5.60 Å². The fraction of sp³-hybridized carbons (Fsp3) is 0.283. The van der Waals surface area contributed by atoms with Crippen molar-refractivity contribution in [3.63, 3.8) is 0 Å². The van der Waals surface area contributed by atoms with E-state index in [4.69, 9.17) is 18.3 Å². The summed E-state index contributed by atoms with van der Waals surface area (Å²) < 4.78 is 29.4. The van der Waals surface area contributed by atoms with Crippen LogP contribution in [0, 0.1) is 0 Å². The molecule has 0 fully saturated rings. The lowest BCUT2D eigenvalue weighted by Gasteiger charge is -2.47. The minimum atomic E-state index is -3.17. The molecule has 0 N–H and O–H groups in total. The number of rotatable bonds is 20. The number of hydrogen-bond donors (Lipinski definition) is 0. The molecule has 7 aromatic carbocycles. The van der Waals surface area contributed by atoms with E-state index in [0.29, 0.717) is 19.4 Å². The molecule has 7 aromatic rings. The summed E-state index contributed by atoms with van der Waals surface area (Å²) >= 11 is 0. The van der Waals surface area contributed by atoms with Crippen LogP contribution in [-0.2, 0) is 28.7 Å². The third-order valence-electron chi connectivity index (χ3n) is 13.0. The fourth-order valence-corrected chi connectivity index (χ4v) is 19.5. The smallest absolute Gasteiger partial charge is 0.308 e. The highest BCUT2D eigenvalue weighted by atomic mass is 28.4. The summed E-state index contributed by atoms with van der Waals surface area (Å²) in [6.07, 6.45) is 0.00975. The number of ether oxygens (including phenoxy) is 2. The lowest BCUT2D eigenvalue weighted by molar-refractivity contribution is -0.145. The average molecular weight is 925 g/mol. The van der Waals surface area contributed by atoms with Gasteiger partial charge in [-0.1, -0.05) is 254 Å². The van der Waals surface area contributed by atoms with Crippen LogP contribution >= 0.6 is 0 Å². The summed E-state index contributed by atoms with van der Waals surface area (Å²) in [5, 5.41) is 4.01. The number of esters is 1. The molecule has 0 aliphatic carbocycles. The molecular formula is C60H68O5Si2. The fourth-order valence-electron chi connectivity index (χ4n) is 10.1. The maximum atomic E-state index is 14.0. The monoisotopic (exact) mass is 924 g/mol. The Morgan fingerprint density at radius 1 is 0.448 bits per heavy atom. The van der Waals surface area contributed by atoms with Crippen LogP contribution < -0.4 is 20.7 Å². The van der Waals surface area contributed by atoms with Gasteiger partial charge in [-0.3, -0.25) is 4.79 Å². The quantitative estimate of drug-likeness (QED) is 0.0433. The predicted molar refractivity (Wildman–Crippen MR) is 281 cm³/mol. The maximum absolute atomic E-state index is 14.0. The van der Waals surface area contributed by atoms with Crippen molar-refractivity contribution in [2.45, 2.75) is 95.6 Å². The molecule has 67 heavy (non-hydrogen) atoms. The maximum Gasteiger partial charge on any atom is 0.308 e. The molecule has 0 spiro atoms. The average Bonchev–Trinajstić information content (AvgIpc) is 3.35. The molecule has 0 aromatic heterocycles. The minimum absolute atomic E-state index is 0.0712. The third-order valence-corrected chi connectivity index (χ3v) is 23.2. The molecule has 7 heteroatoms. The Kier molecular flexibility index (Phi) is 16.1. The van der Waals surface area contributed by atoms with Gasteiger partial charge in [0.15, 0.2) is 0 Å². The summed E-state index contributed by atoms with van der Waals surface area (Å²) in [7, 11) is -6.33. The lowest BCUT2D eigenvalue weighted by Crippen LogP contribution is -2.69. The summed E-state index contributed by atoms with van der Waals surface area (Å²) in [5.41, 5.74) is 2.17. The van der Waals surface area contributed by atoms with E-state index in [1.54, 1.807) is 0 Å². The molecule has 5 nitrogen and oxygen atoms in total. The van der Waals surface area contributed by atoms with Crippen LogP contribution in [0.25, 0.3) is 0 Å². The molecule has 7 rings (SSSR count). The van der Waals surface area contributed by atoms with E-state index in [1.807, 2.05) is 25.1 Å². The van der Waals surface area contributed by atoms with Gasteiger partial charge < -0.3 is 18.3 Å². The predicted octanol–water partition coefficient (Wildman–Crippen LogP) is 11.6. The Morgan fingerprint density at radius 2 is 0.746 bits per heavy atom. The number of carbonyl (C=O) groups is 1. The topological polar surface area (TPSA) is 54.0 Å². The molecule has 0 unspecified atom stereocenters. The molecule has 0 aliphatic rings. The zero-order valence-corrected chi connectivity index (χ0v) is 42.4. The normalized spacial score (nSPS) is 13.4. The number of carbonyl (C=O) groups excluding carboxylic acids is 1. The molecule has 0 amide bonds. The highest BCUT2D eigenvalue weighted by Crippen LogP contribution is 2.43.